The number of hydrogen-bond acceptors (Lipinski definition) is 6. The van der Waals surface area contributed by atoms with Gasteiger partial charge in [0.15, 0.2) is 4.21 Å². The van der Waals surface area contributed by atoms with Crippen molar-refractivity contribution < 1.29 is 13.2 Å². The Balaban J connectivity index is 0.00000208. The summed E-state index contributed by atoms with van der Waals surface area (Å²) in [5.41, 5.74) is 0.563. The van der Waals surface area contributed by atoms with Crippen molar-refractivity contribution in [1.82, 2.24) is 19.5 Å². The van der Waals surface area contributed by atoms with E-state index in [0.29, 0.717) is 36.1 Å². The lowest BCUT2D eigenvalue weighted by Gasteiger charge is -2.40. The van der Waals surface area contributed by atoms with Gasteiger partial charge in [-0.15, -0.1) is 23.7 Å². The second kappa shape index (κ2) is 7.65. The molecule has 3 heterocycles. The highest BCUT2D eigenvalue weighted by molar-refractivity contribution is 7.91. The fraction of sp³-hybridized carbons (Fsp3) is 0.714. The predicted octanol–water partition coefficient (Wildman–Crippen LogP) is 0.767. The number of nitrogens with zero attached hydrogens (tertiary/aromatic N) is 3. The number of thiazole rings is 1. The smallest absolute Gasteiger partial charge is 0.254 e. The number of aryl methyl sites for hydroxylation is 2. The summed E-state index contributed by atoms with van der Waals surface area (Å²) in [4.78, 5) is 18.1. The van der Waals surface area contributed by atoms with Gasteiger partial charge in [-0.05, 0) is 26.7 Å². The summed E-state index contributed by atoms with van der Waals surface area (Å²) in [7, 11) is -3.53. The number of sulfonamides is 1. The van der Waals surface area contributed by atoms with Crippen molar-refractivity contribution in [3.63, 3.8) is 0 Å². The van der Waals surface area contributed by atoms with Crippen LogP contribution in [0.2, 0.25) is 0 Å². The van der Waals surface area contributed by atoms with Crippen molar-refractivity contribution >= 4 is 39.7 Å². The van der Waals surface area contributed by atoms with Crippen LogP contribution in [0.25, 0.3) is 0 Å². The van der Waals surface area contributed by atoms with Crippen LogP contribution in [0.15, 0.2) is 4.21 Å². The molecule has 0 radical (unpaired) electrons. The van der Waals surface area contributed by atoms with Gasteiger partial charge in [0.2, 0.25) is 5.91 Å². The first-order valence-corrected chi connectivity index (χ1v) is 10.1. The molecule has 2 fully saturated rings. The van der Waals surface area contributed by atoms with Crippen molar-refractivity contribution in [1.29, 1.82) is 0 Å². The van der Waals surface area contributed by atoms with Gasteiger partial charge >= 0.3 is 0 Å². The number of piperazine rings is 1. The molecule has 0 aromatic carbocycles. The predicted molar refractivity (Wildman–Crippen MR) is 95.2 cm³/mol. The maximum Gasteiger partial charge on any atom is 0.254 e. The normalized spacial score (nSPS) is 23.2. The first-order chi connectivity index (χ1) is 10.9. The Hall–Kier alpha value is -0.740. The highest BCUT2D eigenvalue weighted by atomic mass is 35.5. The minimum absolute atomic E-state index is 0. The minimum atomic E-state index is -3.53. The van der Waals surface area contributed by atoms with E-state index in [9.17, 15) is 13.2 Å². The standard InChI is InChI=1S/C14H22N4O3S2.ClH/c1-10-14(22-11(2)16-10)23(20,21)17-6-3-4-12(9-17)18-7-5-15-8-13(18)19;/h12,15H,3-9H2,1-2H3;1H. The Morgan fingerprint density at radius 1 is 1.29 bits per heavy atom. The molecular formula is C14H23ClN4O3S2. The molecule has 1 aromatic rings. The van der Waals surface area contributed by atoms with Crippen LogP contribution in [0.5, 0.6) is 0 Å². The van der Waals surface area contributed by atoms with Gasteiger partial charge in [-0.2, -0.15) is 4.31 Å². The molecule has 1 atom stereocenters. The maximum atomic E-state index is 12.9. The number of carbonyl (C=O) groups is 1. The van der Waals surface area contributed by atoms with Gasteiger partial charge < -0.3 is 10.2 Å². The third-order valence-corrected chi connectivity index (χ3v) is 7.89. The molecule has 1 unspecified atom stereocenters. The van der Waals surface area contributed by atoms with E-state index >= 15 is 0 Å². The Labute approximate surface area is 152 Å². The highest BCUT2D eigenvalue weighted by Crippen LogP contribution is 2.29. The number of piperidine rings is 1. The number of rotatable bonds is 3. The van der Waals surface area contributed by atoms with E-state index in [-0.39, 0.29) is 24.4 Å². The first kappa shape index (κ1) is 19.6. The number of aromatic nitrogens is 1. The summed E-state index contributed by atoms with van der Waals surface area (Å²) < 4.78 is 27.7. The quantitative estimate of drug-likeness (QED) is 0.818. The molecule has 0 bridgehead atoms. The number of carbonyl (C=O) groups excluding carboxylic acids is 1. The van der Waals surface area contributed by atoms with E-state index in [0.717, 1.165) is 24.4 Å². The van der Waals surface area contributed by atoms with Gasteiger partial charge in [-0.1, -0.05) is 0 Å². The summed E-state index contributed by atoms with van der Waals surface area (Å²) >= 11 is 1.22. The topological polar surface area (TPSA) is 82.6 Å². The van der Waals surface area contributed by atoms with Gasteiger partial charge in [0.25, 0.3) is 10.0 Å². The van der Waals surface area contributed by atoms with Crippen LogP contribution in [0.3, 0.4) is 0 Å². The summed E-state index contributed by atoms with van der Waals surface area (Å²) in [5, 5.41) is 3.81. The lowest BCUT2D eigenvalue weighted by atomic mass is 10.1. The van der Waals surface area contributed by atoms with Gasteiger partial charge in [0, 0.05) is 32.2 Å². The zero-order valence-corrected chi connectivity index (χ0v) is 16.3. The molecule has 1 aromatic heterocycles. The molecular weight excluding hydrogens is 372 g/mol. The highest BCUT2D eigenvalue weighted by Gasteiger charge is 2.36. The zero-order valence-electron chi connectivity index (χ0n) is 13.8. The molecule has 2 saturated heterocycles. The average molecular weight is 395 g/mol. The van der Waals surface area contributed by atoms with Gasteiger partial charge in [0.1, 0.15) is 0 Å². The molecule has 0 spiro atoms. The number of amides is 1. The zero-order chi connectivity index (χ0) is 16.6. The molecule has 24 heavy (non-hydrogen) atoms. The lowest BCUT2D eigenvalue weighted by molar-refractivity contribution is -0.135. The lowest BCUT2D eigenvalue weighted by Crippen LogP contribution is -2.57. The second-order valence-electron chi connectivity index (χ2n) is 6.03. The van der Waals surface area contributed by atoms with Crippen molar-refractivity contribution in [3.05, 3.63) is 10.7 Å². The minimum Gasteiger partial charge on any atom is -0.336 e. The van der Waals surface area contributed by atoms with Crippen LogP contribution in [-0.2, 0) is 14.8 Å². The summed E-state index contributed by atoms with van der Waals surface area (Å²) in [6, 6.07) is -0.0255. The van der Waals surface area contributed by atoms with E-state index in [2.05, 4.69) is 10.3 Å². The Morgan fingerprint density at radius 2 is 2.04 bits per heavy atom. The van der Waals surface area contributed by atoms with Crippen molar-refractivity contribution in [2.75, 3.05) is 32.7 Å². The third-order valence-electron chi connectivity index (χ3n) is 4.36. The Kier molecular flexibility index (Phi) is 6.24. The van der Waals surface area contributed by atoms with E-state index in [1.807, 2.05) is 11.8 Å². The molecule has 136 valence electrons. The molecule has 0 saturated carbocycles. The molecule has 3 rings (SSSR count). The number of hydrogen-bond donors (Lipinski definition) is 1. The van der Waals surface area contributed by atoms with Gasteiger partial charge in [0.05, 0.1) is 17.2 Å². The van der Waals surface area contributed by atoms with E-state index in [4.69, 9.17) is 0 Å². The SMILES string of the molecule is Cc1nc(C)c(S(=O)(=O)N2CCCC(N3CCNCC3=O)C2)s1.Cl. The van der Waals surface area contributed by atoms with Crippen molar-refractivity contribution in [2.24, 2.45) is 0 Å². The molecule has 7 nitrogen and oxygen atoms in total. The van der Waals surface area contributed by atoms with E-state index in [1.165, 1.54) is 15.6 Å². The average Bonchev–Trinajstić information content (AvgIpc) is 2.87. The van der Waals surface area contributed by atoms with Gasteiger partial charge in [-0.3, -0.25) is 4.79 Å². The van der Waals surface area contributed by atoms with Crippen LogP contribution in [0.1, 0.15) is 23.5 Å². The van der Waals surface area contributed by atoms with Crippen LogP contribution in [-0.4, -0.2) is 67.3 Å². The first-order valence-electron chi connectivity index (χ1n) is 7.84. The summed E-state index contributed by atoms with van der Waals surface area (Å²) in [6.45, 7) is 6.20. The Morgan fingerprint density at radius 3 is 2.67 bits per heavy atom. The van der Waals surface area contributed by atoms with Crippen LogP contribution in [0.4, 0.5) is 0 Å². The van der Waals surface area contributed by atoms with E-state index < -0.39 is 10.0 Å². The molecule has 0 aliphatic carbocycles. The van der Waals surface area contributed by atoms with Crippen LogP contribution >= 0.6 is 23.7 Å². The second-order valence-corrected chi connectivity index (χ2v) is 9.37. The Bertz CT molecular complexity index is 707. The van der Waals surface area contributed by atoms with Crippen molar-refractivity contribution in [2.45, 2.75) is 36.9 Å². The molecule has 10 heteroatoms. The third kappa shape index (κ3) is 3.75. The van der Waals surface area contributed by atoms with E-state index in [1.54, 1.807) is 6.92 Å². The van der Waals surface area contributed by atoms with Crippen LogP contribution < -0.4 is 5.32 Å². The molecule has 2 aliphatic rings. The molecule has 1 amide bonds. The molecule has 2 aliphatic heterocycles. The fourth-order valence-corrected chi connectivity index (χ4v) is 6.40. The monoisotopic (exact) mass is 394 g/mol. The van der Waals surface area contributed by atoms with Crippen LogP contribution in [0, 0.1) is 13.8 Å². The number of nitrogens with one attached hydrogen (secondary N) is 1. The summed E-state index contributed by atoms with van der Waals surface area (Å²) in [5.74, 6) is 0.0605. The molecule has 1 N–H and O–H groups in total. The number of halogens is 1. The summed E-state index contributed by atoms with van der Waals surface area (Å²) in [6.07, 6.45) is 1.64. The fourth-order valence-electron chi connectivity index (χ4n) is 3.27. The maximum absolute atomic E-state index is 12.9. The van der Waals surface area contributed by atoms with Gasteiger partial charge in [-0.25, -0.2) is 13.4 Å². The van der Waals surface area contributed by atoms with Crippen molar-refractivity contribution in [3.8, 4) is 0 Å². The largest absolute Gasteiger partial charge is 0.336 e.